The highest BCUT2D eigenvalue weighted by molar-refractivity contribution is 7.25. The fourth-order valence-electron chi connectivity index (χ4n) is 6.60. The summed E-state index contributed by atoms with van der Waals surface area (Å²) in [6, 6.07) is 58.4. The van der Waals surface area contributed by atoms with Crippen LogP contribution >= 0.6 is 11.3 Å². The molecule has 0 bridgehead atoms. The monoisotopic (exact) mass is 593 g/mol. The lowest BCUT2D eigenvalue weighted by Gasteiger charge is -2.26. The van der Waals surface area contributed by atoms with Crippen molar-refractivity contribution < 1.29 is 4.42 Å². The van der Waals surface area contributed by atoms with Gasteiger partial charge in [0.05, 0.1) is 0 Å². The number of rotatable bonds is 5. The Bertz CT molecular complexity index is 2490. The number of thiophene rings is 1. The summed E-state index contributed by atoms with van der Waals surface area (Å²) in [5.41, 5.74) is 9.81. The van der Waals surface area contributed by atoms with Gasteiger partial charge < -0.3 is 9.32 Å². The van der Waals surface area contributed by atoms with E-state index in [1.165, 1.54) is 25.7 Å². The highest BCUT2D eigenvalue weighted by Crippen LogP contribution is 2.43. The highest BCUT2D eigenvalue weighted by atomic mass is 32.1. The van der Waals surface area contributed by atoms with Crippen molar-refractivity contribution in [1.82, 2.24) is 0 Å². The Kier molecular flexibility index (Phi) is 6.03. The van der Waals surface area contributed by atoms with Crippen LogP contribution in [0.3, 0.4) is 0 Å². The average molecular weight is 594 g/mol. The molecule has 3 heteroatoms. The Labute approximate surface area is 265 Å². The zero-order valence-corrected chi connectivity index (χ0v) is 25.2. The van der Waals surface area contributed by atoms with Crippen LogP contribution in [0.5, 0.6) is 0 Å². The second-order valence-electron chi connectivity index (χ2n) is 11.3. The van der Waals surface area contributed by atoms with Crippen LogP contribution in [0.1, 0.15) is 0 Å². The van der Waals surface area contributed by atoms with Crippen molar-refractivity contribution in [3.8, 4) is 22.3 Å². The van der Waals surface area contributed by atoms with Gasteiger partial charge in [0.25, 0.3) is 0 Å². The number of para-hydroxylation sites is 3. The molecule has 2 nitrogen and oxygen atoms in total. The summed E-state index contributed by atoms with van der Waals surface area (Å²) >= 11 is 1.85. The van der Waals surface area contributed by atoms with Crippen molar-refractivity contribution in [1.29, 1.82) is 0 Å². The van der Waals surface area contributed by atoms with E-state index in [9.17, 15) is 0 Å². The normalized spacial score (nSPS) is 11.6. The van der Waals surface area contributed by atoms with Crippen LogP contribution in [-0.4, -0.2) is 0 Å². The van der Waals surface area contributed by atoms with Crippen LogP contribution in [0.25, 0.3) is 64.4 Å². The first kappa shape index (κ1) is 25.8. The van der Waals surface area contributed by atoms with Crippen LogP contribution in [0.4, 0.5) is 17.1 Å². The van der Waals surface area contributed by atoms with E-state index in [4.69, 9.17) is 4.42 Å². The molecule has 0 amide bonds. The lowest BCUT2D eigenvalue weighted by Crippen LogP contribution is -2.09. The molecular formula is C42H27NOS. The molecule has 0 atom stereocenters. The quantitative estimate of drug-likeness (QED) is 0.197. The van der Waals surface area contributed by atoms with Crippen molar-refractivity contribution in [2.75, 3.05) is 4.90 Å². The molecule has 0 spiro atoms. The van der Waals surface area contributed by atoms with Gasteiger partial charge in [-0.05, 0) is 71.3 Å². The lowest BCUT2D eigenvalue weighted by molar-refractivity contribution is 0.670. The minimum Gasteiger partial charge on any atom is -0.455 e. The van der Waals surface area contributed by atoms with Crippen molar-refractivity contribution in [3.63, 3.8) is 0 Å². The highest BCUT2D eigenvalue weighted by Gasteiger charge is 2.17. The zero-order valence-electron chi connectivity index (χ0n) is 24.4. The molecule has 0 unspecified atom stereocenters. The molecule has 0 saturated heterocycles. The summed E-state index contributed by atoms with van der Waals surface area (Å²) in [6.45, 7) is 0. The van der Waals surface area contributed by atoms with E-state index in [1.807, 2.05) is 23.5 Å². The van der Waals surface area contributed by atoms with Crippen molar-refractivity contribution in [2.24, 2.45) is 0 Å². The van der Waals surface area contributed by atoms with E-state index < -0.39 is 0 Å². The lowest BCUT2D eigenvalue weighted by atomic mass is 9.93. The summed E-state index contributed by atoms with van der Waals surface area (Å²) in [4.78, 5) is 2.34. The minimum atomic E-state index is 0.913. The third-order valence-electron chi connectivity index (χ3n) is 8.69. The largest absolute Gasteiger partial charge is 0.455 e. The number of anilines is 3. The molecule has 0 fully saturated rings. The molecule has 0 aliphatic heterocycles. The molecule has 2 heterocycles. The summed E-state index contributed by atoms with van der Waals surface area (Å²) in [6.07, 6.45) is 0. The van der Waals surface area contributed by atoms with E-state index >= 15 is 0 Å². The number of hydrogen-bond donors (Lipinski definition) is 0. The van der Waals surface area contributed by atoms with E-state index in [-0.39, 0.29) is 0 Å². The maximum absolute atomic E-state index is 6.42. The molecular weight excluding hydrogens is 567 g/mol. The molecule has 212 valence electrons. The molecule has 0 radical (unpaired) electrons. The van der Waals surface area contributed by atoms with Gasteiger partial charge in [0.15, 0.2) is 0 Å². The minimum absolute atomic E-state index is 0.913. The van der Waals surface area contributed by atoms with E-state index in [0.29, 0.717) is 0 Å². The molecule has 0 N–H and O–H groups in total. The van der Waals surface area contributed by atoms with Gasteiger partial charge in [0.1, 0.15) is 11.2 Å². The van der Waals surface area contributed by atoms with Crippen LogP contribution in [-0.2, 0) is 0 Å². The fourth-order valence-corrected chi connectivity index (χ4v) is 7.68. The maximum Gasteiger partial charge on any atom is 0.143 e. The second-order valence-corrected chi connectivity index (χ2v) is 12.4. The number of hydrogen-bond acceptors (Lipinski definition) is 3. The smallest absolute Gasteiger partial charge is 0.143 e. The molecule has 0 aliphatic rings. The van der Waals surface area contributed by atoms with Gasteiger partial charge in [-0.2, -0.15) is 0 Å². The van der Waals surface area contributed by atoms with Crippen LogP contribution in [0.2, 0.25) is 0 Å². The van der Waals surface area contributed by atoms with Gasteiger partial charge in [-0.3, -0.25) is 0 Å². The van der Waals surface area contributed by atoms with Gasteiger partial charge in [0.2, 0.25) is 0 Å². The molecule has 45 heavy (non-hydrogen) atoms. The number of furan rings is 1. The number of nitrogens with zero attached hydrogens (tertiary/aromatic N) is 1. The van der Waals surface area contributed by atoms with Crippen LogP contribution in [0.15, 0.2) is 168 Å². The Balaban J connectivity index is 1.16. The number of benzene rings is 7. The predicted molar refractivity (Wildman–Crippen MR) is 192 cm³/mol. The third-order valence-corrected chi connectivity index (χ3v) is 9.84. The van der Waals surface area contributed by atoms with Crippen molar-refractivity contribution in [3.05, 3.63) is 164 Å². The summed E-state index contributed by atoms with van der Waals surface area (Å²) < 4.78 is 9.04. The summed E-state index contributed by atoms with van der Waals surface area (Å²) in [5, 5.41) is 4.88. The van der Waals surface area contributed by atoms with E-state index in [2.05, 4.69) is 157 Å². The van der Waals surface area contributed by atoms with E-state index in [1.54, 1.807) is 0 Å². The van der Waals surface area contributed by atoms with Gasteiger partial charge in [-0.25, -0.2) is 0 Å². The van der Waals surface area contributed by atoms with E-state index in [0.717, 1.165) is 55.7 Å². The second kappa shape index (κ2) is 10.5. The van der Waals surface area contributed by atoms with Crippen molar-refractivity contribution in [2.45, 2.75) is 0 Å². The first-order valence-electron chi connectivity index (χ1n) is 15.2. The third kappa shape index (κ3) is 4.32. The standard InChI is InChI=1S/C42H27NOS/c1-2-11-29(12-3-1)43(31-25-26-41-38(27-31)35-16-7-9-20-40(35)45-41)30-23-21-28(22-24-30)32-13-4-5-14-33(32)36-17-10-18-37-34-15-6-8-19-39(34)44-42(36)37/h1-27H. The average Bonchev–Trinajstić information content (AvgIpc) is 3.68. The molecule has 0 aliphatic carbocycles. The Morgan fingerprint density at radius 3 is 1.89 bits per heavy atom. The van der Waals surface area contributed by atoms with Gasteiger partial charge in [-0.1, -0.05) is 109 Å². The van der Waals surface area contributed by atoms with Crippen molar-refractivity contribution >= 4 is 70.5 Å². The summed E-state index contributed by atoms with van der Waals surface area (Å²) in [5.74, 6) is 0. The zero-order chi connectivity index (χ0) is 29.7. The Morgan fingerprint density at radius 1 is 0.400 bits per heavy atom. The van der Waals surface area contributed by atoms with Crippen LogP contribution in [0, 0.1) is 0 Å². The summed E-state index contributed by atoms with van der Waals surface area (Å²) in [7, 11) is 0. The van der Waals surface area contributed by atoms with Gasteiger partial charge >= 0.3 is 0 Å². The Morgan fingerprint density at radius 2 is 1.02 bits per heavy atom. The van der Waals surface area contributed by atoms with Gasteiger partial charge in [0, 0.05) is 53.6 Å². The molecule has 9 aromatic rings. The maximum atomic E-state index is 6.42. The van der Waals surface area contributed by atoms with Gasteiger partial charge in [-0.15, -0.1) is 11.3 Å². The fraction of sp³-hybridized carbons (Fsp3) is 0. The first-order valence-corrected chi connectivity index (χ1v) is 16.0. The molecule has 2 aromatic heterocycles. The SMILES string of the molecule is c1ccc(N(c2ccc(-c3ccccc3-c3cccc4c3oc3ccccc34)cc2)c2ccc3sc4ccccc4c3c2)cc1. The predicted octanol–water partition coefficient (Wildman–Crippen LogP) is 12.8. The molecule has 9 rings (SSSR count). The number of fused-ring (bicyclic) bond motifs is 6. The first-order chi connectivity index (χ1) is 22.3. The van der Waals surface area contributed by atoms with Crippen LogP contribution < -0.4 is 4.90 Å². The Hall–Kier alpha value is -5.64. The topological polar surface area (TPSA) is 16.4 Å². The molecule has 0 saturated carbocycles. The molecule has 7 aromatic carbocycles.